The average Bonchev–Trinajstić information content (AvgIpc) is 3.44. The maximum absolute atomic E-state index is 14.4. The van der Waals surface area contributed by atoms with Gasteiger partial charge in [-0.3, -0.25) is 19.0 Å². The fraction of sp³-hybridized carbons (Fsp3) is 0.235. The highest BCUT2D eigenvalue weighted by Crippen LogP contribution is 2.37. The molecule has 42 heavy (non-hydrogen) atoms. The zero-order chi connectivity index (χ0) is 29.7. The minimum Gasteiger partial charge on any atom is -0.322 e. The van der Waals surface area contributed by atoms with E-state index < -0.39 is 6.04 Å². The molecular weight excluding hydrogens is 544 g/mol. The van der Waals surface area contributed by atoms with Crippen molar-refractivity contribution in [3.05, 3.63) is 127 Å². The molecule has 2 aliphatic heterocycles. The summed E-state index contributed by atoms with van der Waals surface area (Å²) in [5.41, 5.74) is 5.10. The average molecular weight is 577 g/mol. The van der Waals surface area contributed by atoms with E-state index in [0.29, 0.717) is 37.8 Å². The first-order valence-electron chi connectivity index (χ1n) is 14.1. The summed E-state index contributed by atoms with van der Waals surface area (Å²) >= 11 is 1.20. The number of rotatable bonds is 5. The molecule has 8 heteroatoms. The van der Waals surface area contributed by atoms with Gasteiger partial charge in [-0.2, -0.15) is 0 Å². The molecule has 3 heterocycles. The number of aromatic nitrogens is 1. The van der Waals surface area contributed by atoms with Crippen LogP contribution in [0.25, 0.3) is 5.57 Å². The van der Waals surface area contributed by atoms with Crippen LogP contribution in [0.2, 0.25) is 0 Å². The molecule has 0 bridgehead atoms. The van der Waals surface area contributed by atoms with Crippen molar-refractivity contribution in [2.24, 2.45) is 4.99 Å². The van der Waals surface area contributed by atoms with Crippen molar-refractivity contribution in [2.75, 3.05) is 10.2 Å². The summed E-state index contributed by atoms with van der Waals surface area (Å²) in [6.45, 7) is 9.97. The Balaban J connectivity index is 1.58. The van der Waals surface area contributed by atoms with Gasteiger partial charge in [0.2, 0.25) is 0 Å². The quantitative estimate of drug-likeness (QED) is 0.358. The van der Waals surface area contributed by atoms with Crippen LogP contribution in [0.3, 0.4) is 0 Å². The van der Waals surface area contributed by atoms with Crippen molar-refractivity contribution in [2.45, 2.75) is 52.6 Å². The third-order valence-corrected chi connectivity index (χ3v) is 8.85. The van der Waals surface area contributed by atoms with Crippen LogP contribution >= 0.6 is 11.3 Å². The van der Waals surface area contributed by atoms with E-state index in [2.05, 4.69) is 19.2 Å². The molecule has 3 aromatic carbocycles. The highest BCUT2D eigenvalue weighted by atomic mass is 32.1. The van der Waals surface area contributed by atoms with E-state index in [9.17, 15) is 14.4 Å². The van der Waals surface area contributed by atoms with Crippen LogP contribution in [0, 0.1) is 0 Å². The van der Waals surface area contributed by atoms with Gasteiger partial charge >= 0.3 is 0 Å². The lowest BCUT2D eigenvalue weighted by Gasteiger charge is -2.25. The number of carbonyl (C=O) groups excluding carboxylic acids is 2. The number of fused-ring (bicyclic) bond motifs is 2. The highest BCUT2D eigenvalue weighted by molar-refractivity contribution is 7.07. The number of anilines is 2. The van der Waals surface area contributed by atoms with Gasteiger partial charge in [0.15, 0.2) is 4.80 Å². The number of amides is 2. The molecule has 0 spiro atoms. The van der Waals surface area contributed by atoms with Gasteiger partial charge < -0.3 is 10.2 Å². The summed E-state index contributed by atoms with van der Waals surface area (Å²) in [5.74, 6) is -0.197. The van der Waals surface area contributed by atoms with Gasteiger partial charge in [-0.25, -0.2) is 4.99 Å². The SMILES string of the molecule is CC1=C(C(=O)Nc2ccccc2)[C@@H](c2ccc(C(C)C)cc2)n2c(s/c(=C3/C(=O)N(C(C)C)c4ccccc43)c2=O)=N1. The second-order valence-electron chi connectivity index (χ2n) is 11.2. The smallest absolute Gasteiger partial charge is 0.271 e. The number of benzene rings is 3. The van der Waals surface area contributed by atoms with Gasteiger partial charge in [0, 0.05) is 17.3 Å². The minimum absolute atomic E-state index is 0.0809. The maximum atomic E-state index is 14.4. The third-order valence-electron chi connectivity index (χ3n) is 7.80. The zero-order valence-electron chi connectivity index (χ0n) is 24.2. The van der Waals surface area contributed by atoms with Crippen LogP contribution in [0.15, 0.2) is 99.9 Å². The molecule has 4 aromatic rings. The van der Waals surface area contributed by atoms with E-state index in [0.717, 1.165) is 22.4 Å². The third kappa shape index (κ3) is 4.52. The summed E-state index contributed by atoms with van der Waals surface area (Å²) in [6.07, 6.45) is 0. The lowest BCUT2D eigenvalue weighted by Crippen LogP contribution is -2.41. The van der Waals surface area contributed by atoms with E-state index in [1.807, 2.05) is 92.7 Å². The normalized spacial score (nSPS) is 17.5. The molecule has 0 saturated carbocycles. The highest BCUT2D eigenvalue weighted by Gasteiger charge is 2.37. The first kappa shape index (κ1) is 27.6. The van der Waals surface area contributed by atoms with Crippen molar-refractivity contribution in [3.63, 3.8) is 0 Å². The molecule has 2 amide bonds. The lowest BCUT2D eigenvalue weighted by molar-refractivity contribution is -0.114. The molecule has 2 aliphatic rings. The number of nitrogens with one attached hydrogen (secondary N) is 1. The number of hydrogen-bond donors (Lipinski definition) is 1. The molecule has 7 nitrogen and oxygen atoms in total. The second kappa shape index (κ2) is 10.7. The standard InChI is InChI=1S/C34H32N4O3S/c1-19(2)22-15-17-23(18-16-22)29-27(31(39)36-24-11-7-6-8-12-24)21(5)35-34-38(29)33(41)30(42-34)28-25-13-9-10-14-26(25)37(20(3)4)32(28)40/h6-20,29H,1-5H3,(H,36,39)/b30-28+/t29-/m1/s1. The first-order valence-corrected chi connectivity index (χ1v) is 14.9. The van der Waals surface area contributed by atoms with Crippen molar-refractivity contribution in [3.8, 4) is 0 Å². The van der Waals surface area contributed by atoms with E-state index in [-0.39, 0.29) is 23.4 Å². The van der Waals surface area contributed by atoms with E-state index in [1.54, 1.807) is 16.4 Å². The fourth-order valence-electron chi connectivity index (χ4n) is 5.73. The number of allylic oxidation sites excluding steroid dienone is 1. The maximum Gasteiger partial charge on any atom is 0.271 e. The van der Waals surface area contributed by atoms with Gasteiger partial charge in [0.1, 0.15) is 4.53 Å². The molecule has 1 N–H and O–H groups in total. The van der Waals surface area contributed by atoms with Crippen LogP contribution in [-0.2, 0) is 9.59 Å². The fourth-order valence-corrected chi connectivity index (χ4v) is 6.87. The minimum atomic E-state index is -0.714. The molecule has 0 aliphatic carbocycles. The summed E-state index contributed by atoms with van der Waals surface area (Å²) in [5, 5.41) is 2.99. The van der Waals surface area contributed by atoms with Crippen LogP contribution in [0.5, 0.6) is 0 Å². The molecule has 0 radical (unpaired) electrons. The lowest BCUT2D eigenvalue weighted by atomic mass is 9.93. The second-order valence-corrected chi connectivity index (χ2v) is 12.2. The van der Waals surface area contributed by atoms with Crippen molar-refractivity contribution < 1.29 is 9.59 Å². The largest absolute Gasteiger partial charge is 0.322 e. The Hall–Kier alpha value is -4.56. The Bertz CT molecular complexity index is 1930. The molecule has 212 valence electrons. The summed E-state index contributed by atoms with van der Waals surface area (Å²) < 4.78 is 1.91. The van der Waals surface area contributed by atoms with Crippen molar-refractivity contribution in [1.29, 1.82) is 0 Å². The number of thiazole rings is 1. The molecular formula is C34H32N4O3S. The van der Waals surface area contributed by atoms with Crippen molar-refractivity contribution >= 4 is 40.1 Å². The van der Waals surface area contributed by atoms with Crippen LogP contribution in [0.4, 0.5) is 11.4 Å². The Labute approximate surface area is 248 Å². The van der Waals surface area contributed by atoms with E-state index >= 15 is 0 Å². The summed E-state index contributed by atoms with van der Waals surface area (Å²) in [4.78, 5) is 49.0. The molecule has 6 rings (SSSR count). The summed E-state index contributed by atoms with van der Waals surface area (Å²) in [7, 11) is 0. The Morgan fingerprint density at radius 3 is 2.24 bits per heavy atom. The molecule has 1 atom stereocenters. The van der Waals surface area contributed by atoms with Gasteiger partial charge in [0.05, 0.1) is 28.6 Å². The van der Waals surface area contributed by atoms with Gasteiger partial charge in [-0.05, 0) is 56.0 Å². The van der Waals surface area contributed by atoms with Gasteiger partial charge in [0.25, 0.3) is 17.4 Å². The molecule has 0 unspecified atom stereocenters. The monoisotopic (exact) mass is 576 g/mol. The van der Waals surface area contributed by atoms with Crippen molar-refractivity contribution in [1.82, 2.24) is 4.57 Å². The first-order chi connectivity index (χ1) is 20.2. The van der Waals surface area contributed by atoms with Crippen LogP contribution < -0.4 is 25.1 Å². The molecule has 0 fully saturated rings. The number of para-hydroxylation sites is 2. The molecule has 1 aromatic heterocycles. The Morgan fingerprint density at radius 1 is 0.905 bits per heavy atom. The zero-order valence-corrected chi connectivity index (χ0v) is 25.0. The predicted molar refractivity (Wildman–Crippen MR) is 167 cm³/mol. The predicted octanol–water partition coefficient (Wildman–Crippen LogP) is 5.12. The van der Waals surface area contributed by atoms with Crippen LogP contribution in [-0.4, -0.2) is 22.4 Å². The molecule has 0 saturated heterocycles. The topological polar surface area (TPSA) is 83.8 Å². The summed E-state index contributed by atoms with van der Waals surface area (Å²) in [6, 6.07) is 24.0. The van der Waals surface area contributed by atoms with Crippen LogP contribution in [0.1, 0.15) is 63.3 Å². The Morgan fingerprint density at radius 2 is 1.57 bits per heavy atom. The van der Waals surface area contributed by atoms with E-state index in [4.69, 9.17) is 4.99 Å². The number of carbonyl (C=O) groups is 2. The number of nitrogens with zero attached hydrogens (tertiary/aromatic N) is 3. The number of hydrogen-bond acceptors (Lipinski definition) is 5. The van der Waals surface area contributed by atoms with Gasteiger partial charge in [-0.1, -0.05) is 85.8 Å². The van der Waals surface area contributed by atoms with Gasteiger partial charge in [-0.15, -0.1) is 0 Å². The van der Waals surface area contributed by atoms with E-state index in [1.165, 1.54) is 11.3 Å². The Kier molecular flexibility index (Phi) is 7.02.